The standard InChI is InChI=1S/C12H18N2O2/c1-3-6-14-12(2,8-11(15)16)10-5-4-7-13-9-10/h4-5,7,9,14H,3,6,8H2,1-2H3,(H,15,16). The van der Waals surface area contributed by atoms with Crippen LogP contribution in [-0.4, -0.2) is 22.6 Å². The van der Waals surface area contributed by atoms with Crippen LogP contribution in [0.5, 0.6) is 0 Å². The smallest absolute Gasteiger partial charge is 0.305 e. The van der Waals surface area contributed by atoms with Gasteiger partial charge in [-0.15, -0.1) is 0 Å². The highest BCUT2D eigenvalue weighted by Gasteiger charge is 2.28. The van der Waals surface area contributed by atoms with E-state index in [1.54, 1.807) is 12.4 Å². The third-order valence-corrected chi connectivity index (χ3v) is 2.57. The highest BCUT2D eigenvalue weighted by atomic mass is 16.4. The van der Waals surface area contributed by atoms with Gasteiger partial charge in [0.05, 0.1) is 12.0 Å². The summed E-state index contributed by atoms with van der Waals surface area (Å²) in [7, 11) is 0. The van der Waals surface area contributed by atoms with E-state index in [1.807, 2.05) is 19.1 Å². The Labute approximate surface area is 95.7 Å². The Morgan fingerprint density at radius 3 is 2.88 bits per heavy atom. The minimum Gasteiger partial charge on any atom is -0.481 e. The minimum atomic E-state index is -0.810. The van der Waals surface area contributed by atoms with Crippen molar-refractivity contribution in [1.29, 1.82) is 0 Å². The molecule has 4 nitrogen and oxygen atoms in total. The number of nitrogens with one attached hydrogen (secondary N) is 1. The predicted octanol–water partition coefficient (Wildman–Crippen LogP) is 1.77. The number of rotatable bonds is 6. The number of hydrogen-bond donors (Lipinski definition) is 2. The van der Waals surface area contributed by atoms with Crippen molar-refractivity contribution in [3.05, 3.63) is 30.1 Å². The monoisotopic (exact) mass is 222 g/mol. The van der Waals surface area contributed by atoms with Gasteiger partial charge < -0.3 is 10.4 Å². The molecule has 0 spiro atoms. The van der Waals surface area contributed by atoms with Gasteiger partial charge in [0.1, 0.15) is 0 Å². The molecule has 0 bridgehead atoms. The summed E-state index contributed by atoms with van der Waals surface area (Å²) in [6.07, 6.45) is 4.42. The molecular weight excluding hydrogens is 204 g/mol. The molecule has 0 radical (unpaired) electrons. The molecule has 0 aliphatic rings. The van der Waals surface area contributed by atoms with Gasteiger partial charge in [-0.3, -0.25) is 9.78 Å². The maximum atomic E-state index is 10.9. The molecule has 1 heterocycles. The SMILES string of the molecule is CCCNC(C)(CC(=O)O)c1cccnc1. The summed E-state index contributed by atoms with van der Waals surface area (Å²) >= 11 is 0. The molecule has 0 aliphatic heterocycles. The molecule has 1 aromatic rings. The van der Waals surface area contributed by atoms with E-state index in [9.17, 15) is 4.79 Å². The van der Waals surface area contributed by atoms with E-state index >= 15 is 0 Å². The lowest BCUT2D eigenvalue weighted by molar-refractivity contribution is -0.138. The Morgan fingerprint density at radius 2 is 2.38 bits per heavy atom. The lowest BCUT2D eigenvalue weighted by Crippen LogP contribution is -2.41. The van der Waals surface area contributed by atoms with Crippen molar-refractivity contribution in [2.45, 2.75) is 32.2 Å². The number of carboxylic acids is 1. The van der Waals surface area contributed by atoms with Crippen LogP contribution in [0.25, 0.3) is 0 Å². The maximum absolute atomic E-state index is 10.9. The maximum Gasteiger partial charge on any atom is 0.305 e. The molecule has 1 unspecified atom stereocenters. The molecule has 16 heavy (non-hydrogen) atoms. The van der Waals surface area contributed by atoms with Crippen LogP contribution < -0.4 is 5.32 Å². The fourth-order valence-corrected chi connectivity index (χ4v) is 1.66. The minimum absolute atomic E-state index is 0.0543. The molecule has 2 N–H and O–H groups in total. The first-order chi connectivity index (χ1) is 7.58. The number of aliphatic carboxylic acids is 1. The van der Waals surface area contributed by atoms with Crippen molar-refractivity contribution in [1.82, 2.24) is 10.3 Å². The predicted molar refractivity (Wildman–Crippen MR) is 62.1 cm³/mol. The Bertz CT molecular complexity index is 340. The van der Waals surface area contributed by atoms with Gasteiger partial charge in [0.15, 0.2) is 0 Å². The number of carbonyl (C=O) groups is 1. The second kappa shape index (κ2) is 5.61. The van der Waals surface area contributed by atoms with Crippen molar-refractivity contribution in [3.63, 3.8) is 0 Å². The molecule has 0 amide bonds. The Morgan fingerprint density at radius 1 is 1.62 bits per heavy atom. The number of carboxylic acid groups (broad SMARTS) is 1. The third-order valence-electron chi connectivity index (χ3n) is 2.57. The summed E-state index contributed by atoms with van der Waals surface area (Å²) in [6.45, 7) is 4.74. The van der Waals surface area contributed by atoms with Crippen LogP contribution in [0.1, 0.15) is 32.3 Å². The molecule has 1 rings (SSSR count). The van der Waals surface area contributed by atoms with Crippen LogP contribution >= 0.6 is 0 Å². The molecule has 88 valence electrons. The van der Waals surface area contributed by atoms with Crippen LogP contribution in [0.15, 0.2) is 24.5 Å². The Kier molecular flexibility index (Phi) is 4.43. The first-order valence-electron chi connectivity index (χ1n) is 5.46. The van der Waals surface area contributed by atoms with Gasteiger partial charge in [-0.1, -0.05) is 13.0 Å². The van der Waals surface area contributed by atoms with Crippen LogP contribution in [0, 0.1) is 0 Å². The number of aromatic nitrogens is 1. The Balaban J connectivity index is 2.90. The molecule has 1 atom stereocenters. The molecular formula is C12H18N2O2. The van der Waals surface area contributed by atoms with Crippen molar-refractivity contribution in [3.8, 4) is 0 Å². The van der Waals surface area contributed by atoms with E-state index in [0.717, 1.165) is 18.5 Å². The van der Waals surface area contributed by atoms with Crippen LogP contribution in [0.3, 0.4) is 0 Å². The van der Waals surface area contributed by atoms with Gasteiger partial charge in [0.2, 0.25) is 0 Å². The summed E-state index contributed by atoms with van der Waals surface area (Å²) < 4.78 is 0. The molecule has 0 saturated carbocycles. The van der Waals surface area contributed by atoms with E-state index in [4.69, 9.17) is 5.11 Å². The second-order valence-electron chi connectivity index (χ2n) is 4.07. The van der Waals surface area contributed by atoms with Gasteiger partial charge >= 0.3 is 5.97 Å². The lowest BCUT2D eigenvalue weighted by atomic mass is 9.89. The van der Waals surface area contributed by atoms with Gasteiger partial charge in [0, 0.05) is 12.4 Å². The second-order valence-corrected chi connectivity index (χ2v) is 4.07. The van der Waals surface area contributed by atoms with Crippen LogP contribution in [0.4, 0.5) is 0 Å². The van der Waals surface area contributed by atoms with E-state index in [0.29, 0.717) is 0 Å². The van der Waals surface area contributed by atoms with Crippen molar-refractivity contribution < 1.29 is 9.90 Å². The van der Waals surface area contributed by atoms with E-state index in [-0.39, 0.29) is 6.42 Å². The number of hydrogen-bond acceptors (Lipinski definition) is 3. The molecule has 0 fully saturated rings. The van der Waals surface area contributed by atoms with Crippen molar-refractivity contribution >= 4 is 5.97 Å². The summed E-state index contributed by atoms with van der Waals surface area (Å²) in [5.41, 5.74) is 0.363. The summed E-state index contributed by atoms with van der Waals surface area (Å²) in [5.74, 6) is -0.810. The van der Waals surface area contributed by atoms with Gasteiger partial charge in [-0.05, 0) is 31.5 Å². The largest absolute Gasteiger partial charge is 0.481 e. The average Bonchev–Trinajstić information content (AvgIpc) is 2.27. The van der Waals surface area contributed by atoms with Gasteiger partial charge in [-0.25, -0.2) is 0 Å². The summed E-state index contributed by atoms with van der Waals surface area (Å²) in [6, 6.07) is 3.72. The van der Waals surface area contributed by atoms with E-state index in [1.165, 1.54) is 0 Å². The fraction of sp³-hybridized carbons (Fsp3) is 0.500. The molecule has 0 aliphatic carbocycles. The highest BCUT2D eigenvalue weighted by Crippen LogP contribution is 2.23. The first-order valence-corrected chi connectivity index (χ1v) is 5.46. The van der Waals surface area contributed by atoms with Gasteiger partial charge in [-0.2, -0.15) is 0 Å². The highest BCUT2D eigenvalue weighted by molar-refractivity contribution is 5.68. The summed E-state index contributed by atoms with van der Waals surface area (Å²) in [5, 5.41) is 12.2. The van der Waals surface area contributed by atoms with Crippen molar-refractivity contribution in [2.75, 3.05) is 6.54 Å². The van der Waals surface area contributed by atoms with E-state index in [2.05, 4.69) is 17.2 Å². The quantitative estimate of drug-likeness (QED) is 0.770. The third kappa shape index (κ3) is 3.31. The fourth-order valence-electron chi connectivity index (χ4n) is 1.66. The number of nitrogens with zero attached hydrogens (tertiary/aromatic N) is 1. The molecule has 4 heteroatoms. The summed E-state index contributed by atoms with van der Waals surface area (Å²) in [4.78, 5) is 14.9. The Hall–Kier alpha value is -1.42. The first kappa shape index (κ1) is 12.6. The average molecular weight is 222 g/mol. The van der Waals surface area contributed by atoms with Crippen LogP contribution in [-0.2, 0) is 10.3 Å². The zero-order valence-electron chi connectivity index (χ0n) is 9.73. The molecule has 1 aromatic heterocycles. The lowest BCUT2D eigenvalue weighted by Gasteiger charge is -2.29. The zero-order chi connectivity index (χ0) is 12.0. The molecule has 0 saturated heterocycles. The topological polar surface area (TPSA) is 62.2 Å². The normalized spacial score (nSPS) is 14.4. The molecule has 0 aromatic carbocycles. The van der Waals surface area contributed by atoms with Crippen LogP contribution in [0.2, 0.25) is 0 Å². The number of pyridine rings is 1. The van der Waals surface area contributed by atoms with Crippen molar-refractivity contribution in [2.24, 2.45) is 0 Å². The van der Waals surface area contributed by atoms with E-state index < -0.39 is 11.5 Å². The van der Waals surface area contributed by atoms with Gasteiger partial charge in [0.25, 0.3) is 0 Å². The zero-order valence-corrected chi connectivity index (χ0v) is 9.73.